The van der Waals surface area contributed by atoms with Gasteiger partial charge in [0.15, 0.2) is 6.61 Å². The molecule has 2 aromatic rings. The van der Waals surface area contributed by atoms with Crippen LogP contribution < -0.4 is 10.5 Å². The number of nitrogens with two attached hydrogens (primary N) is 1. The van der Waals surface area contributed by atoms with E-state index in [0.717, 1.165) is 11.6 Å². The maximum Gasteiger partial charge on any atom is 0.291 e. The average Bonchev–Trinajstić information content (AvgIpc) is 2.71. The number of nitro benzene ring substituents is 1. The normalized spacial score (nSPS) is 18.1. The zero-order valence-electron chi connectivity index (χ0n) is 18.1. The molecule has 182 valence electrons. The fourth-order valence-electron chi connectivity index (χ4n) is 3.64. The number of amides is 1. The number of ether oxygens (including phenoxy) is 1. The third-order valence-electron chi connectivity index (χ3n) is 5.36. The van der Waals surface area contributed by atoms with Crippen LogP contribution in [0, 0.1) is 15.9 Å². The number of nitro groups is 1. The van der Waals surface area contributed by atoms with Gasteiger partial charge in [0, 0.05) is 31.7 Å². The summed E-state index contributed by atoms with van der Waals surface area (Å²) in [7, 11) is 0. The first-order valence-corrected chi connectivity index (χ1v) is 10.2. The van der Waals surface area contributed by atoms with Crippen LogP contribution in [0.15, 0.2) is 36.4 Å². The van der Waals surface area contributed by atoms with Gasteiger partial charge in [-0.05, 0) is 37.6 Å². The molecular weight excluding hydrogens is 498 g/mol. The number of nitrogens with zero attached hydrogens (tertiary/aromatic N) is 3. The van der Waals surface area contributed by atoms with E-state index in [-0.39, 0.29) is 77.4 Å². The summed E-state index contributed by atoms with van der Waals surface area (Å²) in [4.78, 5) is 27.2. The minimum atomic E-state index is -0.638. The van der Waals surface area contributed by atoms with Crippen LogP contribution in [0.25, 0.3) is 0 Å². The summed E-state index contributed by atoms with van der Waals surface area (Å²) in [6.45, 7) is 5.49. The molecule has 0 radical (unpaired) electrons. The van der Waals surface area contributed by atoms with Gasteiger partial charge in [0.05, 0.1) is 16.7 Å². The largest absolute Gasteiger partial charge is 0.481 e. The highest BCUT2D eigenvalue weighted by molar-refractivity contribution is 6.33. The summed E-state index contributed by atoms with van der Waals surface area (Å²) < 4.78 is 18.6. The lowest BCUT2D eigenvalue weighted by Gasteiger charge is -2.44. The Bertz CT molecular complexity index is 981. The van der Waals surface area contributed by atoms with Gasteiger partial charge in [-0.15, -0.1) is 24.8 Å². The lowest BCUT2D eigenvalue weighted by Crippen LogP contribution is -2.58. The molecule has 0 saturated carbocycles. The van der Waals surface area contributed by atoms with E-state index in [1.807, 2.05) is 13.8 Å². The number of hydrogen-bond acceptors (Lipinski definition) is 6. The van der Waals surface area contributed by atoms with Crippen LogP contribution in [0.3, 0.4) is 0 Å². The van der Waals surface area contributed by atoms with Gasteiger partial charge in [0.2, 0.25) is 0 Å². The average molecular weight is 524 g/mol. The number of rotatable bonds is 6. The highest BCUT2D eigenvalue weighted by atomic mass is 35.5. The number of piperazine rings is 1. The number of carbonyl (C=O) groups is 1. The summed E-state index contributed by atoms with van der Waals surface area (Å²) in [5, 5.41) is 11.0. The minimum absolute atomic E-state index is 0. The topological polar surface area (TPSA) is 102 Å². The van der Waals surface area contributed by atoms with E-state index in [1.165, 1.54) is 18.2 Å². The third-order valence-corrected chi connectivity index (χ3v) is 5.66. The first-order chi connectivity index (χ1) is 14.7. The van der Waals surface area contributed by atoms with Gasteiger partial charge in [-0.1, -0.05) is 23.7 Å². The second-order valence-corrected chi connectivity index (χ2v) is 8.09. The Morgan fingerprint density at radius 2 is 1.85 bits per heavy atom. The van der Waals surface area contributed by atoms with Crippen LogP contribution in [0.4, 0.5) is 15.8 Å². The molecule has 2 N–H and O–H groups in total. The Morgan fingerprint density at radius 1 is 1.21 bits per heavy atom. The summed E-state index contributed by atoms with van der Waals surface area (Å²) in [5.41, 5.74) is 6.60. The second kappa shape index (κ2) is 12.2. The first-order valence-electron chi connectivity index (χ1n) is 9.80. The van der Waals surface area contributed by atoms with Crippen molar-refractivity contribution in [3.63, 3.8) is 0 Å². The Morgan fingerprint density at radius 3 is 2.45 bits per heavy atom. The Kier molecular flexibility index (Phi) is 10.6. The molecule has 1 aliphatic rings. The quantitative estimate of drug-likeness (QED) is 0.344. The molecule has 0 bridgehead atoms. The van der Waals surface area contributed by atoms with E-state index in [2.05, 4.69) is 4.90 Å². The first kappa shape index (κ1) is 28.7. The summed E-state index contributed by atoms with van der Waals surface area (Å²) in [6, 6.07) is 8.77. The molecular formula is C21H26Cl3FN4O4. The molecule has 0 unspecified atom stereocenters. The van der Waals surface area contributed by atoms with Gasteiger partial charge in [-0.25, -0.2) is 4.39 Å². The van der Waals surface area contributed by atoms with E-state index < -0.39 is 4.92 Å². The Labute approximate surface area is 208 Å². The molecule has 33 heavy (non-hydrogen) atoms. The zero-order valence-corrected chi connectivity index (χ0v) is 20.5. The number of benzene rings is 2. The van der Waals surface area contributed by atoms with Gasteiger partial charge in [-0.2, -0.15) is 0 Å². The van der Waals surface area contributed by atoms with Crippen molar-refractivity contribution in [3.8, 4) is 5.75 Å². The standard InChI is InChI=1S/C21H24ClFN4O4.2ClH/c1-13-10-26(14(2)9-25(13)11-15-3-5-16(23)6-4-15)21(28)12-31-20-8-19(27(29)30)17(22)7-18(20)24;;/h3-8,13-14H,9-12,24H2,1-2H3;2*1H/t13-,14+;;/m1../s1. The van der Waals surface area contributed by atoms with E-state index >= 15 is 0 Å². The summed E-state index contributed by atoms with van der Waals surface area (Å²) in [6.07, 6.45) is 0. The second-order valence-electron chi connectivity index (χ2n) is 7.69. The van der Waals surface area contributed by atoms with Crippen molar-refractivity contribution in [2.75, 3.05) is 25.4 Å². The highest BCUT2D eigenvalue weighted by Crippen LogP contribution is 2.34. The van der Waals surface area contributed by atoms with Gasteiger partial charge in [0.25, 0.3) is 11.6 Å². The van der Waals surface area contributed by atoms with Crippen molar-refractivity contribution in [1.82, 2.24) is 9.80 Å². The van der Waals surface area contributed by atoms with Gasteiger partial charge >= 0.3 is 0 Å². The van der Waals surface area contributed by atoms with Crippen molar-refractivity contribution in [2.24, 2.45) is 0 Å². The fourth-order valence-corrected chi connectivity index (χ4v) is 3.88. The number of anilines is 1. The molecule has 2 aromatic carbocycles. The van der Waals surface area contributed by atoms with Crippen molar-refractivity contribution in [1.29, 1.82) is 0 Å². The molecule has 0 aliphatic carbocycles. The zero-order chi connectivity index (χ0) is 22.7. The van der Waals surface area contributed by atoms with Crippen LogP contribution in [-0.2, 0) is 11.3 Å². The molecule has 12 heteroatoms. The van der Waals surface area contributed by atoms with Crippen LogP contribution in [0.2, 0.25) is 5.02 Å². The molecule has 1 amide bonds. The summed E-state index contributed by atoms with van der Waals surface area (Å²) >= 11 is 5.82. The van der Waals surface area contributed by atoms with Gasteiger partial charge < -0.3 is 15.4 Å². The van der Waals surface area contributed by atoms with Crippen LogP contribution in [0.5, 0.6) is 5.75 Å². The fraction of sp³-hybridized carbons (Fsp3) is 0.381. The number of hydrogen-bond donors (Lipinski definition) is 1. The number of halogens is 4. The van der Waals surface area contributed by atoms with E-state index in [1.54, 1.807) is 17.0 Å². The van der Waals surface area contributed by atoms with E-state index in [0.29, 0.717) is 19.6 Å². The molecule has 1 fully saturated rings. The molecule has 2 atom stereocenters. The predicted molar refractivity (Wildman–Crippen MR) is 130 cm³/mol. The molecule has 1 heterocycles. The minimum Gasteiger partial charge on any atom is -0.481 e. The van der Waals surface area contributed by atoms with Gasteiger partial charge in [0.1, 0.15) is 16.6 Å². The maximum absolute atomic E-state index is 13.1. The van der Waals surface area contributed by atoms with Gasteiger partial charge in [-0.3, -0.25) is 19.8 Å². The monoisotopic (exact) mass is 522 g/mol. The third kappa shape index (κ3) is 7.07. The van der Waals surface area contributed by atoms with Crippen molar-refractivity contribution >= 4 is 53.7 Å². The number of nitrogen functional groups attached to an aromatic ring is 1. The van der Waals surface area contributed by atoms with E-state index in [9.17, 15) is 19.3 Å². The van der Waals surface area contributed by atoms with Crippen molar-refractivity contribution in [3.05, 3.63) is 62.9 Å². The summed E-state index contributed by atoms with van der Waals surface area (Å²) in [5.74, 6) is -0.467. The van der Waals surface area contributed by atoms with Crippen LogP contribution in [-0.4, -0.2) is 52.4 Å². The molecule has 0 aromatic heterocycles. The molecule has 1 saturated heterocycles. The highest BCUT2D eigenvalue weighted by Gasteiger charge is 2.32. The van der Waals surface area contributed by atoms with Crippen molar-refractivity contribution < 1.29 is 18.8 Å². The van der Waals surface area contributed by atoms with Crippen LogP contribution in [0.1, 0.15) is 19.4 Å². The predicted octanol–water partition coefficient (Wildman–Crippen LogP) is 4.31. The van der Waals surface area contributed by atoms with Crippen LogP contribution >= 0.6 is 36.4 Å². The van der Waals surface area contributed by atoms with E-state index in [4.69, 9.17) is 22.1 Å². The molecule has 0 spiro atoms. The SMILES string of the molecule is C[C@@H]1CN(C(=O)COc2cc([N+](=O)[O-])c(Cl)cc2N)[C@@H](C)CN1Cc1ccc(F)cc1.Cl.Cl. The maximum atomic E-state index is 13.1. The Balaban J connectivity index is 0.00000272. The lowest BCUT2D eigenvalue weighted by molar-refractivity contribution is -0.384. The lowest BCUT2D eigenvalue weighted by atomic mass is 10.1. The Hall–Kier alpha value is -2.33. The molecule has 3 rings (SSSR count). The smallest absolute Gasteiger partial charge is 0.291 e. The molecule has 8 nitrogen and oxygen atoms in total. The van der Waals surface area contributed by atoms with Crippen molar-refractivity contribution in [2.45, 2.75) is 32.5 Å². The number of carbonyl (C=O) groups excluding carboxylic acids is 1. The molecule has 1 aliphatic heterocycles.